The van der Waals surface area contributed by atoms with Crippen LogP contribution in [0.25, 0.3) is 89.5 Å². The van der Waals surface area contributed by atoms with Gasteiger partial charge in [0, 0.05) is 70.3 Å². The molecule has 4 aliphatic rings. The maximum absolute atomic E-state index is 2.36. The van der Waals surface area contributed by atoms with E-state index >= 15 is 0 Å². The Bertz CT molecular complexity index is 4440. The molecule has 4 aliphatic heterocycles. The van der Waals surface area contributed by atoms with Gasteiger partial charge >= 0.3 is 0 Å². The lowest BCUT2D eigenvalue weighted by Crippen LogP contribution is -2.32. The minimum atomic E-state index is 0. The van der Waals surface area contributed by atoms with Crippen molar-refractivity contribution in [3.63, 3.8) is 0 Å². The minimum Gasteiger partial charge on any atom is -0.194 e. The van der Waals surface area contributed by atoms with Gasteiger partial charge in [-0.05, 0) is 124 Å². The number of aromatic nitrogens is 4. The summed E-state index contributed by atoms with van der Waals surface area (Å²) < 4.78 is 9.39. The van der Waals surface area contributed by atoms with E-state index in [0.717, 1.165) is 32.6 Å². The molecule has 0 fully saturated rings. The standard InChI is InChI=1S/C22H22N.2C20H18N.C19H16N.CH4/c1-22(2,3)19-11-12-23-15-18-10-9-17(13-20(18)21(23)14-19)16-7-5-4-6-8-16;1-14-10-11-21-13-18-9-8-17(16-6-4-3-5-7-16)12-19(18)20(21)15(14)2;1-2-15-10-11-21-14-18-9-8-17(13-19(18)20(21)12-15)16-6-4-3-5-7-16;1-14-9-10-20-13-17-8-7-16(12-18(17)19(20)11-14)15-5-3-2-4-6-15;/h4-14H,15H2,1-3H3;3-12H,13H2,1-2H3;3-13H,2,14H2,1H3;2-12H,13H2,1H3;1H4/q4*+1;. The number of hydrogen-bond acceptors (Lipinski definition) is 0. The summed E-state index contributed by atoms with van der Waals surface area (Å²) in [6, 6.07) is 85.7. The maximum Gasteiger partial charge on any atom is 0.216 e. The van der Waals surface area contributed by atoms with E-state index in [2.05, 4.69) is 328 Å². The molecule has 86 heavy (non-hydrogen) atoms. The molecule has 0 amide bonds. The largest absolute Gasteiger partial charge is 0.216 e. The Morgan fingerprint density at radius 2 is 0.698 bits per heavy atom. The molecule has 0 spiro atoms. The summed E-state index contributed by atoms with van der Waals surface area (Å²) in [6.45, 7) is 19.5. The van der Waals surface area contributed by atoms with Crippen LogP contribution in [0.3, 0.4) is 0 Å². The zero-order chi connectivity index (χ0) is 58.2. The Hall–Kier alpha value is -9.64. The van der Waals surface area contributed by atoms with E-state index in [0.29, 0.717) is 0 Å². The van der Waals surface area contributed by atoms with E-state index in [-0.39, 0.29) is 12.8 Å². The number of aryl methyl sites for hydroxylation is 3. The first-order valence-electron chi connectivity index (χ1n) is 30.2. The van der Waals surface area contributed by atoms with Gasteiger partial charge in [0.25, 0.3) is 0 Å². The van der Waals surface area contributed by atoms with Gasteiger partial charge in [0.2, 0.25) is 22.8 Å². The van der Waals surface area contributed by atoms with Crippen LogP contribution in [-0.4, -0.2) is 0 Å². The molecule has 0 radical (unpaired) electrons. The molecule has 0 N–H and O–H groups in total. The molecule has 0 bridgehead atoms. The molecule has 4 heteroatoms. The second-order valence-electron chi connectivity index (χ2n) is 24.3. The third-order valence-corrected chi connectivity index (χ3v) is 17.7. The van der Waals surface area contributed by atoms with Crippen LogP contribution in [0, 0.1) is 20.8 Å². The van der Waals surface area contributed by atoms with E-state index in [1.54, 1.807) is 0 Å². The number of nitrogens with zero attached hydrogens (tertiary/aromatic N) is 4. The van der Waals surface area contributed by atoms with Crippen molar-refractivity contribution in [3.8, 4) is 89.5 Å². The van der Waals surface area contributed by atoms with E-state index in [1.807, 2.05) is 0 Å². The minimum absolute atomic E-state index is 0. The fourth-order valence-electron chi connectivity index (χ4n) is 12.6. The Kier molecular flexibility index (Phi) is 16.0. The highest BCUT2D eigenvalue weighted by Crippen LogP contribution is 2.37. The lowest BCUT2D eigenvalue weighted by Gasteiger charge is -2.18. The molecule has 4 aromatic heterocycles. The molecule has 12 aromatic rings. The van der Waals surface area contributed by atoms with E-state index in [1.165, 1.54) is 140 Å². The third kappa shape index (κ3) is 11.5. The van der Waals surface area contributed by atoms with Crippen LogP contribution in [0.4, 0.5) is 0 Å². The molecule has 16 rings (SSSR count). The Labute approximate surface area is 510 Å². The number of hydrogen-bond donors (Lipinski definition) is 0. The first kappa shape index (κ1) is 56.8. The van der Waals surface area contributed by atoms with Crippen molar-refractivity contribution >= 4 is 0 Å². The normalized spacial score (nSPS) is 12.1. The summed E-state index contributed by atoms with van der Waals surface area (Å²) in [5, 5.41) is 0. The average molecular weight is 1120 g/mol. The van der Waals surface area contributed by atoms with Crippen LogP contribution >= 0.6 is 0 Å². The van der Waals surface area contributed by atoms with Crippen LogP contribution in [0.2, 0.25) is 0 Å². The molecule has 4 nitrogen and oxygen atoms in total. The molecular weight excluding hydrogens is 1040 g/mol. The van der Waals surface area contributed by atoms with Gasteiger partial charge in [-0.25, -0.2) is 0 Å². The molecular formula is C82H78N4+4. The monoisotopic (exact) mass is 1120 g/mol. The average Bonchev–Trinajstić information content (AvgIpc) is 3.03. The number of benzene rings is 8. The van der Waals surface area contributed by atoms with Gasteiger partial charge in [-0.2, -0.15) is 18.3 Å². The van der Waals surface area contributed by atoms with Gasteiger partial charge in [0.15, 0.2) is 51.0 Å². The van der Waals surface area contributed by atoms with Crippen LogP contribution in [0.15, 0.2) is 261 Å². The SMILES string of the molecule is C.CC(C)(C)c1cc[n+]2c(c1)-c1cc(-c3ccccc3)ccc1C2.CCc1cc[n+]2c(c1)-c1cc(-c3ccccc3)ccc1C2.Cc1cc[n+]2c(c1)-c1cc(-c3ccccc3)ccc1C2.Cc1cc[n+]2c(c1C)-c1cc(-c3ccccc3)ccc1C2. The Morgan fingerprint density at radius 1 is 0.337 bits per heavy atom. The summed E-state index contributed by atoms with van der Waals surface area (Å²) in [7, 11) is 0. The van der Waals surface area contributed by atoms with Gasteiger partial charge in [-0.1, -0.05) is 205 Å². The van der Waals surface area contributed by atoms with E-state index in [4.69, 9.17) is 0 Å². The first-order chi connectivity index (χ1) is 41.4. The molecule has 422 valence electrons. The van der Waals surface area contributed by atoms with Gasteiger partial charge in [-0.3, -0.25) is 0 Å². The third-order valence-electron chi connectivity index (χ3n) is 17.7. The zero-order valence-corrected chi connectivity index (χ0v) is 50.2. The maximum atomic E-state index is 2.36. The predicted molar refractivity (Wildman–Crippen MR) is 355 cm³/mol. The highest BCUT2D eigenvalue weighted by atomic mass is 15.0. The van der Waals surface area contributed by atoms with Crippen molar-refractivity contribution in [2.75, 3.05) is 0 Å². The molecule has 8 aromatic carbocycles. The number of fused-ring (bicyclic) bond motifs is 12. The molecule has 0 unspecified atom stereocenters. The topological polar surface area (TPSA) is 15.5 Å². The van der Waals surface area contributed by atoms with Crippen LogP contribution < -0.4 is 18.3 Å². The van der Waals surface area contributed by atoms with Crippen LogP contribution in [0.5, 0.6) is 0 Å². The van der Waals surface area contributed by atoms with Crippen LogP contribution in [0.1, 0.15) is 85.2 Å². The summed E-state index contributed by atoms with van der Waals surface area (Å²) in [5.41, 5.74) is 33.9. The van der Waals surface area contributed by atoms with Crippen molar-refractivity contribution in [2.45, 2.75) is 93.9 Å². The van der Waals surface area contributed by atoms with Gasteiger partial charge < -0.3 is 0 Å². The molecule has 0 aliphatic carbocycles. The second kappa shape index (κ2) is 24.1. The summed E-state index contributed by atoms with van der Waals surface area (Å²) in [5.74, 6) is 0. The van der Waals surface area contributed by atoms with Crippen LogP contribution in [-0.2, 0) is 38.0 Å². The van der Waals surface area contributed by atoms with Crippen molar-refractivity contribution in [3.05, 3.63) is 311 Å². The number of rotatable bonds is 5. The Morgan fingerprint density at radius 3 is 1.13 bits per heavy atom. The predicted octanol–water partition coefficient (Wildman–Crippen LogP) is 18.1. The van der Waals surface area contributed by atoms with Crippen molar-refractivity contribution < 1.29 is 18.3 Å². The van der Waals surface area contributed by atoms with Crippen molar-refractivity contribution in [1.29, 1.82) is 0 Å². The van der Waals surface area contributed by atoms with Crippen molar-refractivity contribution in [1.82, 2.24) is 0 Å². The van der Waals surface area contributed by atoms with E-state index < -0.39 is 0 Å². The van der Waals surface area contributed by atoms with E-state index in [9.17, 15) is 0 Å². The van der Waals surface area contributed by atoms with Crippen molar-refractivity contribution in [2.24, 2.45) is 0 Å². The Balaban J connectivity index is 0.000000112. The van der Waals surface area contributed by atoms with Gasteiger partial charge in [-0.15, -0.1) is 0 Å². The highest BCUT2D eigenvalue weighted by Gasteiger charge is 2.31. The summed E-state index contributed by atoms with van der Waals surface area (Å²) in [4.78, 5) is 0. The fourth-order valence-corrected chi connectivity index (χ4v) is 12.6. The summed E-state index contributed by atoms with van der Waals surface area (Å²) in [6.07, 6.45) is 9.93. The smallest absolute Gasteiger partial charge is 0.194 e. The lowest BCUT2D eigenvalue weighted by atomic mass is 9.87. The fraction of sp³-hybridized carbons (Fsp3) is 0.171. The van der Waals surface area contributed by atoms with Gasteiger partial charge in [0.1, 0.15) is 0 Å². The molecule has 0 saturated carbocycles. The quantitative estimate of drug-likeness (QED) is 0.153. The second-order valence-corrected chi connectivity index (χ2v) is 24.3. The first-order valence-corrected chi connectivity index (χ1v) is 30.2. The zero-order valence-electron chi connectivity index (χ0n) is 50.2. The molecule has 0 saturated heterocycles. The number of pyridine rings is 4. The lowest BCUT2D eigenvalue weighted by molar-refractivity contribution is -0.672. The molecule has 8 heterocycles. The molecule has 0 atom stereocenters. The van der Waals surface area contributed by atoms with Gasteiger partial charge in [0.05, 0.1) is 22.3 Å². The summed E-state index contributed by atoms with van der Waals surface area (Å²) >= 11 is 0. The highest BCUT2D eigenvalue weighted by molar-refractivity contribution is 5.78.